The molecule has 0 saturated carbocycles. The summed E-state index contributed by atoms with van der Waals surface area (Å²) in [5.41, 5.74) is 1.84. The molecule has 0 aliphatic carbocycles. The van der Waals surface area contributed by atoms with Crippen molar-refractivity contribution in [3.8, 4) is 0 Å². The fourth-order valence-electron chi connectivity index (χ4n) is 3.03. The smallest absolute Gasteiger partial charge is 0.350 e. The highest BCUT2D eigenvalue weighted by atomic mass is 16.7. The van der Waals surface area contributed by atoms with E-state index in [1.165, 1.54) is 51.4 Å². The number of ether oxygens (including phenoxy) is 2. The lowest BCUT2D eigenvalue weighted by molar-refractivity contribution is -0.222. The number of nitrogens with one attached hydrogen (secondary N) is 1. The lowest BCUT2D eigenvalue weighted by Crippen LogP contribution is -2.42. The molecule has 134 valence electrons. The number of carbonyl (C=O) groups excluding carboxylic acids is 2. The van der Waals surface area contributed by atoms with Gasteiger partial charge >= 0.3 is 11.9 Å². The molecule has 3 rings (SSSR count). The van der Waals surface area contributed by atoms with Gasteiger partial charge in [0.15, 0.2) is 5.57 Å². The lowest BCUT2D eigenvalue weighted by Gasteiger charge is -2.29. The highest BCUT2D eigenvalue weighted by Gasteiger charge is 2.38. The molecule has 2 saturated heterocycles. The number of carbonyl (C=O) groups is 2. The minimum absolute atomic E-state index is 0.143. The maximum Gasteiger partial charge on any atom is 0.350 e. The van der Waals surface area contributed by atoms with E-state index < -0.39 is 17.7 Å². The first kappa shape index (κ1) is 17.3. The third-order valence-electron chi connectivity index (χ3n) is 4.34. The SMILES string of the molecule is CC1(C)OC(=O)C(=CNc2ccc(N3CCCCCC3)cc2)C(=O)O1. The van der Waals surface area contributed by atoms with E-state index in [9.17, 15) is 9.59 Å². The number of benzene rings is 1. The lowest BCUT2D eigenvalue weighted by atomic mass is 10.2. The molecular weight excluding hydrogens is 320 g/mol. The van der Waals surface area contributed by atoms with Gasteiger partial charge in [-0.3, -0.25) is 0 Å². The standard InChI is InChI=1S/C19H24N2O4/c1-19(2)24-17(22)16(18(23)25-19)13-20-14-7-9-15(10-8-14)21-11-5-3-4-6-12-21/h7-10,13,20H,3-6,11-12H2,1-2H3. The number of hydrogen-bond donors (Lipinski definition) is 1. The quantitative estimate of drug-likeness (QED) is 0.516. The van der Waals surface area contributed by atoms with Gasteiger partial charge in [0.1, 0.15) is 0 Å². The zero-order valence-electron chi connectivity index (χ0n) is 14.7. The van der Waals surface area contributed by atoms with E-state index >= 15 is 0 Å². The van der Waals surface area contributed by atoms with E-state index in [2.05, 4.69) is 10.2 Å². The van der Waals surface area contributed by atoms with Crippen molar-refractivity contribution in [3.05, 3.63) is 36.0 Å². The maximum atomic E-state index is 11.9. The summed E-state index contributed by atoms with van der Waals surface area (Å²) in [6, 6.07) is 7.96. The summed E-state index contributed by atoms with van der Waals surface area (Å²) in [6.07, 6.45) is 6.39. The molecule has 0 aromatic heterocycles. The number of cyclic esters (lactones) is 2. The Hall–Kier alpha value is -2.50. The molecule has 2 fully saturated rings. The van der Waals surface area contributed by atoms with Crippen LogP contribution in [0.1, 0.15) is 39.5 Å². The molecule has 2 aliphatic rings. The Kier molecular flexibility index (Phi) is 4.97. The summed E-state index contributed by atoms with van der Waals surface area (Å²) < 4.78 is 10.1. The largest absolute Gasteiger partial charge is 0.419 e. The molecule has 2 heterocycles. The monoisotopic (exact) mass is 344 g/mol. The van der Waals surface area contributed by atoms with Gasteiger partial charge in [0.2, 0.25) is 0 Å². The van der Waals surface area contributed by atoms with Crippen molar-refractivity contribution >= 4 is 23.3 Å². The Balaban J connectivity index is 1.65. The molecule has 25 heavy (non-hydrogen) atoms. The minimum Gasteiger partial charge on any atom is -0.419 e. The molecule has 0 radical (unpaired) electrons. The summed E-state index contributed by atoms with van der Waals surface area (Å²) in [7, 11) is 0. The third kappa shape index (κ3) is 4.32. The number of nitrogens with zero attached hydrogens (tertiary/aromatic N) is 1. The predicted octanol–water partition coefficient (Wildman–Crippen LogP) is 3.20. The second kappa shape index (κ2) is 7.17. The van der Waals surface area contributed by atoms with Crippen LogP contribution in [-0.4, -0.2) is 30.8 Å². The van der Waals surface area contributed by atoms with E-state index in [1.54, 1.807) is 0 Å². The highest BCUT2D eigenvalue weighted by molar-refractivity contribution is 6.15. The Bertz CT molecular complexity index is 649. The molecular formula is C19H24N2O4. The molecule has 1 N–H and O–H groups in total. The van der Waals surface area contributed by atoms with E-state index in [4.69, 9.17) is 9.47 Å². The fourth-order valence-corrected chi connectivity index (χ4v) is 3.03. The number of anilines is 2. The van der Waals surface area contributed by atoms with Crippen LogP contribution in [0.5, 0.6) is 0 Å². The molecule has 1 aromatic carbocycles. The maximum absolute atomic E-state index is 11.9. The summed E-state index contributed by atoms with van der Waals surface area (Å²) in [4.78, 5) is 26.2. The molecule has 1 aromatic rings. The first-order chi connectivity index (χ1) is 11.9. The normalized spacial score (nSPS) is 20.4. The van der Waals surface area contributed by atoms with Gasteiger partial charge in [-0.25, -0.2) is 9.59 Å². The van der Waals surface area contributed by atoms with Crippen LogP contribution in [0.4, 0.5) is 11.4 Å². The zero-order chi connectivity index (χ0) is 17.9. The van der Waals surface area contributed by atoms with Crippen LogP contribution in [0.3, 0.4) is 0 Å². The predicted molar refractivity (Wildman–Crippen MR) is 95.1 cm³/mol. The van der Waals surface area contributed by atoms with Gasteiger partial charge in [-0.15, -0.1) is 0 Å². The Morgan fingerprint density at radius 1 is 0.960 bits per heavy atom. The Morgan fingerprint density at radius 3 is 2.08 bits per heavy atom. The van der Waals surface area contributed by atoms with Gasteiger partial charge in [0.25, 0.3) is 5.79 Å². The molecule has 0 bridgehead atoms. The van der Waals surface area contributed by atoms with Crippen molar-refractivity contribution in [2.45, 2.75) is 45.3 Å². The van der Waals surface area contributed by atoms with Crippen LogP contribution >= 0.6 is 0 Å². The molecule has 0 atom stereocenters. The van der Waals surface area contributed by atoms with Gasteiger partial charge in [-0.05, 0) is 37.1 Å². The molecule has 6 heteroatoms. The molecule has 0 spiro atoms. The molecule has 0 unspecified atom stereocenters. The van der Waals surface area contributed by atoms with Crippen LogP contribution in [0, 0.1) is 0 Å². The minimum atomic E-state index is -1.22. The molecule has 6 nitrogen and oxygen atoms in total. The van der Waals surface area contributed by atoms with Crippen molar-refractivity contribution in [2.24, 2.45) is 0 Å². The van der Waals surface area contributed by atoms with Gasteiger partial charge in [0.05, 0.1) is 0 Å². The molecule has 2 aliphatic heterocycles. The van der Waals surface area contributed by atoms with Crippen molar-refractivity contribution < 1.29 is 19.1 Å². The first-order valence-corrected chi connectivity index (χ1v) is 8.73. The van der Waals surface area contributed by atoms with Crippen molar-refractivity contribution in [3.63, 3.8) is 0 Å². The van der Waals surface area contributed by atoms with Crippen LogP contribution in [0.15, 0.2) is 36.0 Å². The van der Waals surface area contributed by atoms with Gasteiger partial charge in [-0.2, -0.15) is 0 Å². The Morgan fingerprint density at radius 2 is 1.52 bits per heavy atom. The van der Waals surface area contributed by atoms with E-state index in [1.807, 2.05) is 24.3 Å². The topological polar surface area (TPSA) is 67.9 Å². The summed E-state index contributed by atoms with van der Waals surface area (Å²) in [5, 5.41) is 2.96. The Labute approximate surface area is 147 Å². The van der Waals surface area contributed by atoms with Gasteiger partial charge < -0.3 is 19.7 Å². The van der Waals surface area contributed by atoms with Crippen LogP contribution in [0.2, 0.25) is 0 Å². The zero-order valence-corrected chi connectivity index (χ0v) is 14.7. The third-order valence-corrected chi connectivity index (χ3v) is 4.34. The van der Waals surface area contributed by atoms with E-state index in [0.29, 0.717) is 0 Å². The number of rotatable bonds is 3. The molecule has 0 amide bonds. The van der Waals surface area contributed by atoms with Crippen LogP contribution in [-0.2, 0) is 19.1 Å². The number of esters is 2. The summed E-state index contributed by atoms with van der Waals surface area (Å²) in [6.45, 7) is 5.22. The first-order valence-electron chi connectivity index (χ1n) is 8.73. The second-order valence-electron chi connectivity index (χ2n) is 6.83. The van der Waals surface area contributed by atoms with Crippen molar-refractivity contribution in [1.29, 1.82) is 0 Å². The van der Waals surface area contributed by atoms with E-state index in [0.717, 1.165) is 18.8 Å². The summed E-state index contributed by atoms with van der Waals surface area (Å²) >= 11 is 0. The van der Waals surface area contributed by atoms with Gasteiger partial charge in [-0.1, -0.05) is 12.8 Å². The van der Waals surface area contributed by atoms with Gasteiger partial charge in [0, 0.05) is 44.5 Å². The average Bonchev–Trinajstić information content (AvgIpc) is 2.83. The van der Waals surface area contributed by atoms with Crippen molar-refractivity contribution in [1.82, 2.24) is 0 Å². The van der Waals surface area contributed by atoms with Crippen LogP contribution < -0.4 is 10.2 Å². The highest BCUT2D eigenvalue weighted by Crippen LogP contribution is 2.24. The van der Waals surface area contributed by atoms with Crippen molar-refractivity contribution in [2.75, 3.05) is 23.3 Å². The van der Waals surface area contributed by atoms with Crippen LogP contribution in [0.25, 0.3) is 0 Å². The van der Waals surface area contributed by atoms with E-state index in [-0.39, 0.29) is 5.57 Å². The fraction of sp³-hybridized carbons (Fsp3) is 0.474. The summed E-state index contributed by atoms with van der Waals surface area (Å²) in [5.74, 6) is -2.59. The second-order valence-corrected chi connectivity index (χ2v) is 6.83. The number of hydrogen-bond acceptors (Lipinski definition) is 6. The average molecular weight is 344 g/mol.